The van der Waals surface area contributed by atoms with Gasteiger partial charge in [-0.15, -0.1) is 0 Å². The Kier molecular flexibility index (Phi) is 14.3. The van der Waals surface area contributed by atoms with Crippen LogP contribution in [0.25, 0.3) is 0 Å². The smallest absolute Gasteiger partial charge is 0.187 e. The second-order valence-corrected chi connectivity index (χ2v) is 10.8. The first-order valence-electron chi connectivity index (χ1n) is 13.9. The maximum Gasteiger partial charge on any atom is 0.187 e. The minimum atomic E-state index is -2.14. The molecule has 3 aliphatic heterocycles. The van der Waals surface area contributed by atoms with Crippen molar-refractivity contribution in [3.05, 3.63) is 0 Å². The van der Waals surface area contributed by atoms with Gasteiger partial charge >= 0.3 is 0 Å². The molecule has 45 heavy (non-hydrogen) atoms. The number of aldehydes is 1. The summed E-state index contributed by atoms with van der Waals surface area (Å²) >= 11 is 0. The molecule has 0 amide bonds. The molecule has 0 aromatic rings. The lowest BCUT2D eigenvalue weighted by molar-refractivity contribution is -0.383. The zero-order valence-corrected chi connectivity index (χ0v) is 23.5. The summed E-state index contributed by atoms with van der Waals surface area (Å²) in [6.45, 7) is -3.71. The molecular weight excluding hydrogens is 624 g/mol. The fraction of sp³-hybridized carbons (Fsp3) is 0.958. The summed E-state index contributed by atoms with van der Waals surface area (Å²) < 4.78 is 32.3. The van der Waals surface area contributed by atoms with Gasteiger partial charge in [0.25, 0.3) is 0 Å². The summed E-state index contributed by atoms with van der Waals surface area (Å²) in [5.41, 5.74) is 0. The number of aliphatic hydroxyl groups excluding tert-OH is 14. The molecular formula is C24H42O21. The Labute approximate surface area is 254 Å². The highest BCUT2D eigenvalue weighted by atomic mass is 16.8. The molecule has 19 atom stereocenters. The van der Waals surface area contributed by atoms with E-state index in [0.29, 0.717) is 0 Å². The van der Waals surface area contributed by atoms with Crippen molar-refractivity contribution >= 4 is 6.29 Å². The number of hydrogen-bond donors (Lipinski definition) is 14. The molecule has 0 radical (unpaired) electrons. The van der Waals surface area contributed by atoms with E-state index in [1.54, 1.807) is 0 Å². The molecule has 3 aliphatic rings. The van der Waals surface area contributed by atoms with Gasteiger partial charge in [0.15, 0.2) is 25.2 Å². The third-order valence-corrected chi connectivity index (χ3v) is 7.76. The van der Waals surface area contributed by atoms with Crippen LogP contribution in [0.4, 0.5) is 0 Å². The van der Waals surface area contributed by atoms with Crippen LogP contribution in [0, 0.1) is 0 Å². The van der Waals surface area contributed by atoms with Crippen LogP contribution in [0.2, 0.25) is 0 Å². The highest BCUT2D eigenvalue weighted by Crippen LogP contribution is 2.33. The normalized spacial score (nSPS) is 45.4. The summed E-state index contributed by atoms with van der Waals surface area (Å²) in [7, 11) is 0. The van der Waals surface area contributed by atoms with E-state index in [4.69, 9.17) is 28.4 Å². The molecule has 0 spiro atoms. The first kappa shape index (κ1) is 38.3. The van der Waals surface area contributed by atoms with Gasteiger partial charge in [-0.25, -0.2) is 0 Å². The van der Waals surface area contributed by atoms with Crippen LogP contribution in [0.5, 0.6) is 0 Å². The summed E-state index contributed by atoms with van der Waals surface area (Å²) in [5.74, 6) is 0. The van der Waals surface area contributed by atoms with Crippen LogP contribution in [0.1, 0.15) is 0 Å². The van der Waals surface area contributed by atoms with Crippen molar-refractivity contribution in [3.8, 4) is 0 Å². The van der Waals surface area contributed by atoms with Crippen molar-refractivity contribution in [2.45, 2.75) is 117 Å². The van der Waals surface area contributed by atoms with E-state index in [9.17, 15) is 76.3 Å². The molecule has 0 unspecified atom stereocenters. The van der Waals surface area contributed by atoms with Gasteiger partial charge in [-0.05, 0) is 0 Å². The van der Waals surface area contributed by atoms with E-state index in [-0.39, 0.29) is 6.29 Å². The first-order chi connectivity index (χ1) is 21.2. The van der Waals surface area contributed by atoms with Crippen molar-refractivity contribution < 1.29 is 105 Å². The molecule has 0 saturated carbocycles. The standard InChI is InChI=1S/C24H42O21/c25-1-6(30)11(32)19(7(31)2-26)43-23-17(38)14(35)21(9(4-28)41-23)45-24-18(39)15(36)20(10(5-29)42-24)44-22-16(37)13(34)12(33)8(3-27)40-22/h1,6-24,26-39H,2-5H2/t6-,7+,8+,9+,10+,11+,12+,13-,14+,15+,16+,17+,18+,19-,20+,21-,22-,23-,24-/m0/s1. The number of carbonyl (C=O) groups excluding carboxylic acids is 1. The largest absolute Gasteiger partial charge is 0.394 e. The Bertz CT molecular complexity index is 895. The van der Waals surface area contributed by atoms with Gasteiger partial charge < -0.3 is 105 Å². The molecule has 21 nitrogen and oxygen atoms in total. The third kappa shape index (κ3) is 8.30. The van der Waals surface area contributed by atoms with Gasteiger partial charge in [0.1, 0.15) is 97.7 Å². The van der Waals surface area contributed by atoms with E-state index >= 15 is 0 Å². The second kappa shape index (κ2) is 16.8. The monoisotopic (exact) mass is 666 g/mol. The summed E-state index contributed by atoms with van der Waals surface area (Å²) in [6, 6.07) is 0. The number of aliphatic hydroxyl groups is 14. The second-order valence-electron chi connectivity index (χ2n) is 10.8. The fourth-order valence-electron chi connectivity index (χ4n) is 5.09. The predicted molar refractivity (Wildman–Crippen MR) is 135 cm³/mol. The van der Waals surface area contributed by atoms with E-state index in [1.807, 2.05) is 0 Å². The Hall–Kier alpha value is -1.13. The molecule has 0 aromatic carbocycles. The van der Waals surface area contributed by atoms with Gasteiger partial charge in [0.2, 0.25) is 0 Å². The Morgan fingerprint density at radius 2 is 1.00 bits per heavy atom. The summed E-state index contributed by atoms with van der Waals surface area (Å²) in [4.78, 5) is 10.9. The molecule has 0 aromatic heterocycles. The van der Waals surface area contributed by atoms with E-state index in [1.165, 1.54) is 0 Å². The highest BCUT2D eigenvalue weighted by molar-refractivity contribution is 5.56. The summed E-state index contributed by atoms with van der Waals surface area (Å²) in [5, 5.41) is 141. The zero-order valence-electron chi connectivity index (χ0n) is 23.5. The maximum atomic E-state index is 10.9. The predicted octanol–water partition coefficient (Wildman–Crippen LogP) is -9.91. The van der Waals surface area contributed by atoms with Crippen molar-refractivity contribution in [1.82, 2.24) is 0 Å². The lowest BCUT2D eigenvalue weighted by Gasteiger charge is -2.48. The van der Waals surface area contributed by atoms with Gasteiger partial charge in [-0.1, -0.05) is 0 Å². The Morgan fingerprint density at radius 3 is 1.44 bits per heavy atom. The van der Waals surface area contributed by atoms with Gasteiger partial charge in [0, 0.05) is 0 Å². The fourth-order valence-corrected chi connectivity index (χ4v) is 5.09. The quantitative estimate of drug-likeness (QED) is 0.0765. The third-order valence-electron chi connectivity index (χ3n) is 7.76. The van der Waals surface area contributed by atoms with Crippen LogP contribution in [0.3, 0.4) is 0 Å². The van der Waals surface area contributed by atoms with Gasteiger partial charge in [-0.2, -0.15) is 0 Å². The van der Waals surface area contributed by atoms with Crippen LogP contribution in [-0.2, 0) is 33.2 Å². The van der Waals surface area contributed by atoms with Gasteiger partial charge in [0.05, 0.1) is 26.4 Å². The van der Waals surface area contributed by atoms with Crippen molar-refractivity contribution in [1.29, 1.82) is 0 Å². The molecule has 3 rings (SSSR count). The van der Waals surface area contributed by atoms with Crippen LogP contribution < -0.4 is 0 Å². The number of hydrogen-bond acceptors (Lipinski definition) is 21. The zero-order chi connectivity index (χ0) is 33.7. The van der Waals surface area contributed by atoms with Crippen LogP contribution >= 0.6 is 0 Å². The van der Waals surface area contributed by atoms with Gasteiger partial charge in [-0.3, -0.25) is 0 Å². The molecule has 3 saturated heterocycles. The first-order valence-corrected chi connectivity index (χ1v) is 13.9. The molecule has 21 heteroatoms. The number of ether oxygens (including phenoxy) is 6. The maximum absolute atomic E-state index is 10.9. The van der Waals surface area contributed by atoms with Crippen molar-refractivity contribution in [2.24, 2.45) is 0 Å². The van der Waals surface area contributed by atoms with Crippen molar-refractivity contribution in [2.75, 3.05) is 26.4 Å². The van der Waals surface area contributed by atoms with E-state index in [0.717, 1.165) is 0 Å². The molecule has 3 fully saturated rings. The van der Waals surface area contributed by atoms with E-state index in [2.05, 4.69) is 0 Å². The molecule has 14 N–H and O–H groups in total. The highest BCUT2D eigenvalue weighted by Gasteiger charge is 2.54. The Balaban J connectivity index is 1.72. The lowest BCUT2D eigenvalue weighted by Crippen LogP contribution is -2.67. The lowest BCUT2D eigenvalue weighted by atomic mass is 9.96. The molecule has 0 aliphatic carbocycles. The van der Waals surface area contributed by atoms with E-state index < -0.39 is 143 Å². The number of rotatable bonds is 14. The Morgan fingerprint density at radius 1 is 0.578 bits per heavy atom. The topological polar surface area (TPSA) is 356 Å². The average molecular weight is 667 g/mol. The molecule has 0 bridgehead atoms. The summed E-state index contributed by atoms with van der Waals surface area (Å²) in [6.07, 6.45) is -35.6. The minimum absolute atomic E-state index is 0.0957. The number of carbonyl (C=O) groups is 1. The van der Waals surface area contributed by atoms with Crippen LogP contribution in [-0.4, -0.2) is 221 Å². The molecule has 264 valence electrons. The van der Waals surface area contributed by atoms with Crippen molar-refractivity contribution in [3.63, 3.8) is 0 Å². The molecule has 3 heterocycles. The average Bonchev–Trinajstić information content (AvgIpc) is 3.04. The van der Waals surface area contributed by atoms with Crippen LogP contribution in [0.15, 0.2) is 0 Å². The SMILES string of the molecule is O=C[C@H](O)[C@@H](O)[C@@H](O[C@@H]1O[C@H](CO)[C@H](O[C@@H]2O[C@H](CO)[C@@H](O[C@@H]3O[C@H](CO)[C@@H](O)[C@H](O)[C@H]3O)[C@H](O)[C@H]2O)[C@H](O)[C@H]1O)[C@H](O)CO. The minimum Gasteiger partial charge on any atom is -0.394 e.